The van der Waals surface area contributed by atoms with Gasteiger partial charge in [0.2, 0.25) is 5.16 Å². The predicted octanol–water partition coefficient (Wildman–Crippen LogP) is 4.27. The molecule has 0 atom stereocenters. The third-order valence-corrected chi connectivity index (χ3v) is 5.74. The first-order valence-corrected chi connectivity index (χ1v) is 11.4. The van der Waals surface area contributed by atoms with Crippen LogP contribution in [-0.4, -0.2) is 39.6 Å². The molecule has 0 saturated carbocycles. The number of rotatable bonds is 11. The predicted molar refractivity (Wildman–Crippen MR) is 125 cm³/mol. The fraction of sp³-hybridized carbons (Fsp3) is 0.208. The highest BCUT2D eigenvalue weighted by atomic mass is 32.2. The van der Waals surface area contributed by atoms with Crippen molar-refractivity contribution >= 4 is 11.8 Å². The number of benzene rings is 3. The average Bonchev–Trinajstić information content (AvgIpc) is 3.33. The second kappa shape index (κ2) is 11.4. The number of ether oxygens (including phenoxy) is 2. The number of para-hydroxylation sites is 1. The summed E-state index contributed by atoms with van der Waals surface area (Å²) in [7, 11) is 1.62. The zero-order chi connectivity index (χ0) is 22.9. The smallest absolute Gasteiger partial charge is 0.214 e. The van der Waals surface area contributed by atoms with E-state index in [9.17, 15) is 4.39 Å². The van der Waals surface area contributed by atoms with Gasteiger partial charge in [-0.25, -0.2) is 4.39 Å². The first kappa shape index (κ1) is 22.8. The molecule has 170 valence electrons. The van der Waals surface area contributed by atoms with Gasteiger partial charge in [0.25, 0.3) is 0 Å². The Morgan fingerprint density at radius 1 is 0.970 bits per heavy atom. The van der Waals surface area contributed by atoms with Gasteiger partial charge < -0.3 is 14.8 Å². The summed E-state index contributed by atoms with van der Waals surface area (Å²) < 4.78 is 26.1. The Balaban J connectivity index is 1.24. The first-order valence-electron chi connectivity index (χ1n) is 10.4. The topological polar surface area (TPSA) is 74.1 Å². The van der Waals surface area contributed by atoms with E-state index in [2.05, 4.69) is 20.8 Å². The number of tetrazole rings is 1. The summed E-state index contributed by atoms with van der Waals surface area (Å²) in [5.74, 6) is 1.87. The molecular weight excluding hydrogens is 441 g/mol. The molecule has 0 amide bonds. The van der Waals surface area contributed by atoms with Gasteiger partial charge in [0.05, 0.1) is 12.8 Å². The summed E-state index contributed by atoms with van der Waals surface area (Å²) in [6.45, 7) is 1.82. The number of hydrogen-bond acceptors (Lipinski definition) is 7. The lowest BCUT2D eigenvalue weighted by molar-refractivity contribution is 0.284. The van der Waals surface area contributed by atoms with Crippen LogP contribution in [0.1, 0.15) is 11.1 Å². The van der Waals surface area contributed by atoms with E-state index in [1.54, 1.807) is 35.7 Å². The molecule has 0 radical (unpaired) electrons. The van der Waals surface area contributed by atoms with E-state index in [1.165, 1.54) is 12.1 Å². The molecule has 0 saturated heterocycles. The molecule has 1 N–H and O–H groups in total. The van der Waals surface area contributed by atoms with Gasteiger partial charge in [-0.1, -0.05) is 48.2 Å². The maximum atomic E-state index is 13.0. The Bertz CT molecular complexity index is 1160. The SMILES string of the molecule is COc1cc(CNCCSc2nnnn2-c2ccccc2)ccc1OCc1ccc(F)cc1. The van der Waals surface area contributed by atoms with Crippen LogP contribution >= 0.6 is 11.8 Å². The summed E-state index contributed by atoms with van der Waals surface area (Å²) >= 11 is 1.60. The molecule has 4 rings (SSSR count). The lowest BCUT2D eigenvalue weighted by atomic mass is 10.2. The summed E-state index contributed by atoms with van der Waals surface area (Å²) in [4.78, 5) is 0. The van der Waals surface area contributed by atoms with Crippen molar-refractivity contribution < 1.29 is 13.9 Å². The molecule has 0 fully saturated rings. The summed E-state index contributed by atoms with van der Waals surface area (Å²) in [6, 6.07) is 21.9. The number of thioether (sulfide) groups is 1. The van der Waals surface area contributed by atoms with E-state index in [0.717, 1.165) is 34.3 Å². The van der Waals surface area contributed by atoms with Crippen LogP contribution in [0, 0.1) is 5.82 Å². The molecule has 0 aliphatic rings. The quantitative estimate of drug-likeness (QED) is 0.262. The van der Waals surface area contributed by atoms with E-state index in [1.807, 2.05) is 48.5 Å². The third-order valence-electron chi connectivity index (χ3n) is 4.82. The van der Waals surface area contributed by atoms with Crippen molar-refractivity contribution in [1.29, 1.82) is 0 Å². The molecule has 7 nitrogen and oxygen atoms in total. The summed E-state index contributed by atoms with van der Waals surface area (Å²) in [5, 5.41) is 16.2. The van der Waals surface area contributed by atoms with Gasteiger partial charge in [0, 0.05) is 18.8 Å². The number of aromatic nitrogens is 4. The minimum absolute atomic E-state index is 0.263. The second-order valence-corrected chi connectivity index (χ2v) is 8.20. The van der Waals surface area contributed by atoms with Gasteiger partial charge in [-0.15, -0.1) is 5.10 Å². The Morgan fingerprint density at radius 2 is 1.76 bits per heavy atom. The fourth-order valence-electron chi connectivity index (χ4n) is 3.13. The highest BCUT2D eigenvalue weighted by molar-refractivity contribution is 7.99. The maximum absolute atomic E-state index is 13.0. The number of methoxy groups -OCH3 is 1. The Morgan fingerprint density at radius 3 is 2.55 bits per heavy atom. The molecule has 33 heavy (non-hydrogen) atoms. The standard InChI is InChI=1S/C24H24FN5O2S/c1-31-23-15-19(9-12-22(23)32-17-18-7-10-20(25)11-8-18)16-26-13-14-33-24-27-28-29-30(24)21-5-3-2-4-6-21/h2-12,15,26H,13-14,16-17H2,1H3. The molecule has 0 bridgehead atoms. The maximum Gasteiger partial charge on any atom is 0.214 e. The Kier molecular flexibility index (Phi) is 7.89. The van der Waals surface area contributed by atoms with Crippen LogP contribution in [0.5, 0.6) is 11.5 Å². The van der Waals surface area contributed by atoms with Crippen LogP contribution in [0.3, 0.4) is 0 Å². The molecule has 0 aliphatic carbocycles. The minimum atomic E-state index is -0.263. The average molecular weight is 466 g/mol. The number of halogens is 1. The van der Waals surface area contributed by atoms with Crippen LogP contribution in [-0.2, 0) is 13.2 Å². The Hall–Kier alpha value is -3.43. The van der Waals surface area contributed by atoms with E-state index < -0.39 is 0 Å². The van der Waals surface area contributed by atoms with E-state index in [0.29, 0.717) is 24.7 Å². The monoisotopic (exact) mass is 465 g/mol. The third kappa shape index (κ3) is 6.30. The molecule has 1 aromatic heterocycles. The fourth-order valence-corrected chi connectivity index (χ4v) is 3.92. The lowest BCUT2D eigenvalue weighted by Crippen LogP contribution is -2.17. The summed E-state index contributed by atoms with van der Waals surface area (Å²) in [5.41, 5.74) is 2.91. The van der Waals surface area contributed by atoms with E-state index >= 15 is 0 Å². The van der Waals surface area contributed by atoms with E-state index in [4.69, 9.17) is 9.47 Å². The number of hydrogen-bond donors (Lipinski definition) is 1. The van der Waals surface area contributed by atoms with Crippen molar-refractivity contribution in [2.75, 3.05) is 19.4 Å². The second-order valence-electron chi connectivity index (χ2n) is 7.13. The van der Waals surface area contributed by atoms with Gasteiger partial charge in [-0.3, -0.25) is 0 Å². The zero-order valence-electron chi connectivity index (χ0n) is 18.1. The molecule has 4 aromatic rings. The van der Waals surface area contributed by atoms with Crippen molar-refractivity contribution in [1.82, 2.24) is 25.5 Å². The van der Waals surface area contributed by atoms with Crippen molar-refractivity contribution in [3.05, 3.63) is 89.7 Å². The molecule has 0 aliphatic heterocycles. The molecule has 9 heteroatoms. The van der Waals surface area contributed by atoms with Crippen LogP contribution < -0.4 is 14.8 Å². The van der Waals surface area contributed by atoms with Gasteiger partial charge in [0.15, 0.2) is 11.5 Å². The molecular formula is C24H24FN5O2S. The number of nitrogens with zero attached hydrogens (tertiary/aromatic N) is 4. The largest absolute Gasteiger partial charge is 0.493 e. The molecule has 1 heterocycles. The van der Waals surface area contributed by atoms with Gasteiger partial charge in [-0.2, -0.15) is 4.68 Å². The van der Waals surface area contributed by atoms with Gasteiger partial charge >= 0.3 is 0 Å². The van der Waals surface area contributed by atoms with Gasteiger partial charge in [-0.05, 0) is 58.0 Å². The van der Waals surface area contributed by atoms with Crippen molar-refractivity contribution in [2.24, 2.45) is 0 Å². The first-order chi connectivity index (χ1) is 16.2. The highest BCUT2D eigenvalue weighted by Gasteiger charge is 2.09. The molecule has 0 spiro atoms. The van der Waals surface area contributed by atoms with Crippen LogP contribution in [0.15, 0.2) is 78.0 Å². The number of nitrogens with one attached hydrogen (secondary N) is 1. The normalized spacial score (nSPS) is 10.8. The van der Waals surface area contributed by atoms with E-state index in [-0.39, 0.29) is 5.82 Å². The van der Waals surface area contributed by atoms with Crippen LogP contribution in [0.25, 0.3) is 5.69 Å². The zero-order valence-corrected chi connectivity index (χ0v) is 19.0. The highest BCUT2D eigenvalue weighted by Crippen LogP contribution is 2.29. The molecule has 3 aromatic carbocycles. The van der Waals surface area contributed by atoms with Crippen molar-refractivity contribution in [2.45, 2.75) is 18.3 Å². The van der Waals surface area contributed by atoms with Crippen LogP contribution in [0.4, 0.5) is 4.39 Å². The lowest BCUT2D eigenvalue weighted by Gasteiger charge is -2.13. The van der Waals surface area contributed by atoms with Crippen molar-refractivity contribution in [3.8, 4) is 17.2 Å². The Labute approximate surface area is 195 Å². The molecule has 0 unspecified atom stereocenters. The minimum Gasteiger partial charge on any atom is -0.493 e. The van der Waals surface area contributed by atoms with Crippen LogP contribution in [0.2, 0.25) is 0 Å². The van der Waals surface area contributed by atoms with Gasteiger partial charge in [0.1, 0.15) is 12.4 Å². The summed E-state index contributed by atoms with van der Waals surface area (Å²) in [6.07, 6.45) is 0. The van der Waals surface area contributed by atoms with Crippen molar-refractivity contribution in [3.63, 3.8) is 0 Å².